The van der Waals surface area contributed by atoms with Crippen molar-refractivity contribution in [3.05, 3.63) is 59.4 Å². The van der Waals surface area contributed by atoms with Crippen molar-refractivity contribution in [1.29, 1.82) is 0 Å². The standard InChI is InChI=1S/C15H10ClN5O2/c16-11-7-5-10(6-8-11)15-19-18-14(23-15)9-22-21-13-4-2-1-3-12(13)17-20-21/h1-8H,9H2. The van der Waals surface area contributed by atoms with Gasteiger partial charge in [-0.05, 0) is 41.6 Å². The lowest BCUT2D eigenvalue weighted by Gasteiger charge is -2.01. The van der Waals surface area contributed by atoms with Crippen molar-refractivity contribution >= 4 is 22.6 Å². The summed E-state index contributed by atoms with van der Waals surface area (Å²) in [5, 5.41) is 16.5. The van der Waals surface area contributed by atoms with Crippen LogP contribution in [0.2, 0.25) is 5.02 Å². The zero-order valence-electron chi connectivity index (χ0n) is 11.8. The lowest BCUT2D eigenvalue weighted by molar-refractivity contribution is 0.0618. The molecule has 0 unspecified atom stereocenters. The smallest absolute Gasteiger partial charge is 0.257 e. The molecule has 8 heteroatoms. The lowest BCUT2D eigenvalue weighted by Crippen LogP contribution is -2.12. The highest BCUT2D eigenvalue weighted by Crippen LogP contribution is 2.20. The molecule has 0 bridgehead atoms. The van der Waals surface area contributed by atoms with Gasteiger partial charge in [-0.15, -0.1) is 15.3 Å². The fourth-order valence-electron chi connectivity index (χ4n) is 2.08. The highest BCUT2D eigenvalue weighted by atomic mass is 35.5. The normalized spacial score (nSPS) is 11.0. The molecule has 0 aliphatic carbocycles. The third kappa shape index (κ3) is 2.74. The number of halogens is 1. The van der Waals surface area contributed by atoms with E-state index in [1.54, 1.807) is 12.1 Å². The van der Waals surface area contributed by atoms with Gasteiger partial charge >= 0.3 is 0 Å². The van der Waals surface area contributed by atoms with Crippen molar-refractivity contribution in [3.8, 4) is 11.5 Å². The summed E-state index contributed by atoms with van der Waals surface area (Å²) in [6.45, 7) is 0.0912. The second kappa shape index (κ2) is 5.69. The molecule has 0 spiro atoms. The number of nitrogens with zero attached hydrogens (tertiary/aromatic N) is 5. The number of fused-ring (bicyclic) bond motifs is 1. The average Bonchev–Trinajstić information content (AvgIpc) is 3.20. The number of benzene rings is 2. The van der Waals surface area contributed by atoms with Crippen molar-refractivity contribution in [1.82, 2.24) is 25.4 Å². The molecule has 23 heavy (non-hydrogen) atoms. The molecular formula is C15H10ClN5O2. The Kier molecular flexibility index (Phi) is 3.39. The second-order valence-corrected chi connectivity index (χ2v) is 5.17. The second-order valence-electron chi connectivity index (χ2n) is 4.73. The molecule has 0 aliphatic rings. The minimum absolute atomic E-state index is 0.0912. The van der Waals surface area contributed by atoms with Crippen LogP contribution in [-0.2, 0) is 6.61 Å². The monoisotopic (exact) mass is 327 g/mol. The van der Waals surface area contributed by atoms with Gasteiger partial charge in [0.05, 0.1) is 0 Å². The van der Waals surface area contributed by atoms with Gasteiger partial charge in [0.25, 0.3) is 5.89 Å². The van der Waals surface area contributed by atoms with Crippen LogP contribution in [0.5, 0.6) is 0 Å². The quantitative estimate of drug-likeness (QED) is 0.573. The fourth-order valence-corrected chi connectivity index (χ4v) is 2.21. The Morgan fingerprint density at radius 1 is 1.00 bits per heavy atom. The SMILES string of the molecule is Clc1ccc(-c2nnc(COn3nnc4ccccc43)o2)cc1. The highest BCUT2D eigenvalue weighted by molar-refractivity contribution is 6.30. The summed E-state index contributed by atoms with van der Waals surface area (Å²) in [6, 6.07) is 14.6. The van der Waals surface area contributed by atoms with Crippen LogP contribution in [0.4, 0.5) is 0 Å². The summed E-state index contributed by atoms with van der Waals surface area (Å²) in [5.41, 5.74) is 2.31. The van der Waals surface area contributed by atoms with E-state index in [0.717, 1.165) is 16.6 Å². The lowest BCUT2D eigenvalue weighted by atomic mass is 10.2. The van der Waals surface area contributed by atoms with E-state index in [1.165, 1.54) is 4.85 Å². The van der Waals surface area contributed by atoms with Crippen LogP contribution < -0.4 is 4.84 Å². The maximum atomic E-state index is 5.86. The molecule has 0 saturated heterocycles. The summed E-state index contributed by atoms with van der Waals surface area (Å²) in [7, 11) is 0. The number of hydrogen-bond donors (Lipinski definition) is 0. The Morgan fingerprint density at radius 3 is 2.70 bits per heavy atom. The van der Waals surface area contributed by atoms with E-state index in [0.29, 0.717) is 16.8 Å². The van der Waals surface area contributed by atoms with Crippen molar-refractivity contribution in [2.24, 2.45) is 0 Å². The van der Waals surface area contributed by atoms with Gasteiger partial charge in [-0.2, -0.15) is 0 Å². The molecule has 0 N–H and O–H groups in total. The minimum Gasteiger partial charge on any atom is -0.417 e. The minimum atomic E-state index is 0.0912. The van der Waals surface area contributed by atoms with Crippen LogP contribution >= 0.6 is 11.6 Å². The first-order valence-electron chi connectivity index (χ1n) is 6.82. The molecule has 0 aliphatic heterocycles. The van der Waals surface area contributed by atoms with Crippen LogP contribution in [0, 0.1) is 0 Å². The number of hydrogen-bond acceptors (Lipinski definition) is 6. The van der Waals surface area contributed by atoms with E-state index in [4.69, 9.17) is 20.9 Å². The molecule has 0 saturated carbocycles. The van der Waals surface area contributed by atoms with E-state index in [9.17, 15) is 0 Å². The van der Waals surface area contributed by atoms with E-state index in [-0.39, 0.29) is 6.61 Å². The van der Waals surface area contributed by atoms with Crippen molar-refractivity contribution < 1.29 is 9.25 Å². The molecule has 2 aromatic heterocycles. The third-order valence-electron chi connectivity index (χ3n) is 3.19. The maximum absolute atomic E-state index is 5.86. The average molecular weight is 328 g/mol. The predicted octanol–water partition coefficient (Wildman–Crippen LogP) is 2.76. The molecule has 2 aromatic carbocycles. The molecule has 7 nitrogen and oxygen atoms in total. The summed E-state index contributed by atoms with van der Waals surface area (Å²) in [5.74, 6) is 0.748. The molecular weight excluding hydrogens is 318 g/mol. The molecule has 114 valence electrons. The highest BCUT2D eigenvalue weighted by Gasteiger charge is 2.10. The van der Waals surface area contributed by atoms with Gasteiger partial charge in [0, 0.05) is 10.6 Å². The van der Waals surface area contributed by atoms with E-state index in [2.05, 4.69) is 20.5 Å². The molecule has 0 amide bonds. The first kappa shape index (κ1) is 13.7. The maximum Gasteiger partial charge on any atom is 0.257 e. The third-order valence-corrected chi connectivity index (χ3v) is 3.44. The molecule has 0 atom stereocenters. The summed E-state index contributed by atoms with van der Waals surface area (Å²) >= 11 is 5.86. The first-order chi connectivity index (χ1) is 11.3. The Balaban J connectivity index is 1.51. The zero-order chi connectivity index (χ0) is 15.6. The molecule has 0 radical (unpaired) electrons. The summed E-state index contributed by atoms with van der Waals surface area (Å²) in [4.78, 5) is 6.87. The van der Waals surface area contributed by atoms with Gasteiger partial charge in [-0.3, -0.25) is 0 Å². The number of rotatable bonds is 4. The van der Waals surface area contributed by atoms with Crippen LogP contribution in [0.3, 0.4) is 0 Å². The predicted molar refractivity (Wildman–Crippen MR) is 82.6 cm³/mol. The van der Waals surface area contributed by atoms with Crippen LogP contribution in [-0.4, -0.2) is 25.4 Å². The topological polar surface area (TPSA) is 78.9 Å². The summed E-state index contributed by atoms with van der Waals surface area (Å²) in [6.07, 6.45) is 0. The van der Waals surface area contributed by atoms with Crippen LogP contribution in [0.1, 0.15) is 5.89 Å². The number of aromatic nitrogens is 5. The Labute approximate surface area is 135 Å². The van der Waals surface area contributed by atoms with E-state index >= 15 is 0 Å². The van der Waals surface area contributed by atoms with Crippen molar-refractivity contribution in [2.45, 2.75) is 6.61 Å². The van der Waals surface area contributed by atoms with Gasteiger partial charge in [-0.1, -0.05) is 28.6 Å². The van der Waals surface area contributed by atoms with Gasteiger partial charge < -0.3 is 9.25 Å². The van der Waals surface area contributed by atoms with Gasteiger partial charge in [0.15, 0.2) is 6.61 Å². The number of para-hydroxylation sites is 1. The van der Waals surface area contributed by atoms with Crippen molar-refractivity contribution in [2.75, 3.05) is 0 Å². The van der Waals surface area contributed by atoms with Gasteiger partial charge in [0.1, 0.15) is 11.0 Å². The summed E-state index contributed by atoms with van der Waals surface area (Å²) < 4.78 is 5.57. The Morgan fingerprint density at radius 2 is 1.83 bits per heavy atom. The van der Waals surface area contributed by atoms with Crippen LogP contribution in [0.15, 0.2) is 52.9 Å². The van der Waals surface area contributed by atoms with Gasteiger partial charge in [0.2, 0.25) is 5.89 Å². The van der Waals surface area contributed by atoms with E-state index < -0.39 is 0 Å². The molecule has 0 fully saturated rings. The Hall–Kier alpha value is -2.93. The largest absolute Gasteiger partial charge is 0.417 e. The molecule has 4 rings (SSSR count). The Bertz CT molecular complexity index is 948. The van der Waals surface area contributed by atoms with Crippen LogP contribution in [0.25, 0.3) is 22.5 Å². The van der Waals surface area contributed by atoms with E-state index in [1.807, 2.05) is 36.4 Å². The molecule has 4 aromatic rings. The fraction of sp³-hybridized carbons (Fsp3) is 0.0667. The van der Waals surface area contributed by atoms with Crippen molar-refractivity contribution in [3.63, 3.8) is 0 Å². The zero-order valence-corrected chi connectivity index (χ0v) is 12.5. The molecule has 2 heterocycles. The first-order valence-corrected chi connectivity index (χ1v) is 7.19. The van der Waals surface area contributed by atoms with Gasteiger partial charge in [-0.25, -0.2) is 0 Å².